The van der Waals surface area contributed by atoms with E-state index in [4.69, 9.17) is 0 Å². The quantitative estimate of drug-likeness (QED) is 0.791. The normalized spacial score (nSPS) is 9.80. The summed E-state index contributed by atoms with van der Waals surface area (Å²) in [6.45, 7) is 4.82. The van der Waals surface area contributed by atoms with E-state index >= 15 is 0 Å². The van der Waals surface area contributed by atoms with E-state index in [1.54, 1.807) is 6.92 Å². The highest BCUT2D eigenvalue weighted by molar-refractivity contribution is 5.98. The molecule has 0 fully saturated rings. The van der Waals surface area contributed by atoms with E-state index in [-0.39, 0.29) is 11.5 Å². The fourth-order valence-corrected chi connectivity index (χ4v) is 1.18. The maximum atomic E-state index is 12.9. The molecule has 2 N–H and O–H groups in total. The Morgan fingerprint density at radius 2 is 2.20 bits per heavy atom. The van der Waals surface area contributed by atoms with E-state index in [2.05, 4.69) is 15.6 Å². The van der Waals surface area contributed by atoms with Crippen LogP contribution >= 0.6 is 0 Å². The number of aromatic nitrogens is 1. The summed E-state index contributed by atoms with van der Waals surface area (Å²) in [6, 6.07) is 1.18. The van der Waals surface area contributed by atoms with Gasteiger partial charge in [0.25, 0.3) is 5.91 Å². The van der Waals surface area contributed by atoms with Crippen molar-refractivity contribution in [2.45, 2.75) is 13.8 Å². The Labute approximate surface area is 87.9 Å². The summed E-state index contributed by atoms with van der Waals surface area (Å²) in [6.07, 6.45) is 1.08. The van der Waals surface area contributed by atoms with Crippen LogP contribution in [0.5, 0.6) is 0 Å². The van der Waals surface area contributed by atoms with Gasteiger partial charge in [-0.3, -0.25) is 4.79 Å². The first-order valence-electron chi connectivity index (χ1n) is 4.86. The van der Waals surface area contributed by atoms with Crippen molar-refractivity contribution in [3.05, 3.63) is 23.6 Å². The number of pyridine rings is 1. The van der Waals surface area contributed by atoms with Crippen molar-refractivity contribution in [3.8, 4) is 0 Å². The van der Waals surface area contributed by atoms with E-state index in [9.17, 15) is 9.18 Å². The molecule has 0 aliphatic carbocycles. The number of nitrogens with zero attached hydrogens (tertiary/aromatic N) is 1. The van der Waals surface area contributed by atoms with Crippen LogP contribution < -0.4 is 10.6 Å². The van der Waals surface area contributed by atoms with Crippen LogP contribution in [0.25, 0.3) is 0 Å². The van der Waals surface area contributed by atoms with Gasteiger partial charge in [0, 0.05) is 13.1 Å². The summed E-state index contributed by atoms with van der Waals surface area (Å²) in [5, 5.41) is 5.51. The summed E-state index contributed by atoms with van der Waals surface area (Å²) in [4.78, 5) is 15.4. The monoisotopic (exact) mass is 211 g/mol. The van der Waals surface area contributed by atoms with Crippen molar-refractivity contribution in [1.29, 1.82) is 0 Å². The molecular weight excluding hydrogens is 197 g/mol. The molecule has 5 heteroatoms. The van der Waals surface area contributed by atoms with Gasteiger partial charge in [0.05, 0.1) is 11.8 Å². The molecule has 1 amide bonds. The summed E-state index contributed by atoms with van der Waals surface area (Å²) in [5.74, 6) is -0.428. The lowest BCUT2D eigenvalue weighted by atomic mass is 10.2. The van der Waals surface area contributed by atoms with Gasteiger partial charge in [-0.1, -0.05) is 0 Å². The smallest absolute Gasteiger partial charge is 0.255 e. The van der Waals surface area contributed by atoms with E-state index in [1.165, 1.54) is 6.07 Å². The highest BCUT2D eigenvalue weighted by Crippen LogP contribution is 2.13. The number of carbonyl (C=O) groups is 1. The number of rotatable bonds is 4. The van der Waals surface area contributed by atoms with Crippen molar-refractivity contribution >= 4 is 11.7 Å². The molecule has 0 radical (unpaired) electrons. The molecule has 0 aromatic carbocycles. The zero-order valence-electron chi connectivity index (χ0n) is 8.80. The molecule has 4 nitrogen and oxygen atoms in total. The van der Waals surface area contributed by atoms with Crippen molar-refractivity contribution in [1.82, 2.24) is 10.3 Å². The predicted molar refractivity (Wildman–Crippen MR) is 56.4 cm³/mol. The minimum absolute atomic E-state index is 0.235. The molecule has 0 aliphatic heterocycles. The van der Waals surface area contributed by atoms with Crippen LogP contribution in [0.1, 0.15) is 24.2 Å². The Morgan fingerprint density at radius 1 is 1.47 bits per heavy atom. The molecule has 15 heavy (non-hydrogen) atoms. The molecule has 0 atom stereocenters. The van der Waals surface area contributed by atoms with Crippen molar-refractivity contribution in [3.63, 3.8) is 0 Å². The standard InChI is InChI=1S/C10H14FN3O/c1-3-12-9-8(10(15)13-4-2)5-7(11)6-14-9/h5-6H,3-4H2,1-2H3,(H,12,14)(H,13,15). The molecule has 1 aromatic rings. The van der Waals surface area contributed by atoms with Crippen molar-refractivity contribution in [2.24, 2.45) is 0 Å². The number of carbonyl (C=O) groups excluding carboxylic acids is 1. The lowest BCUT2D eigenvalue weighted by Crippen LogP contribution is -2.24. The summed E-state index contributed by atoms with van der Waals surface area (Å²) >= 11 is 0. The van der Waals surface area contributed by atoms with Gasteiger partial charge in [-0.25, -0.2) is 9.37 Å². The Balaban J connectivity index is 3.00. The first-order chi connectivity index (χ1) is 7.19. The number of amides is 1. The molecule has 0 spiro atoms. The molecule has 0 unspecified atom stereocenters. The number of nitrogens with one attached hydrogen (secondary N) is 2. The van der Waals surface area contributed by atoms with Gasteiger partial charge in [-0.2, -0.15) is 0 Å². The second kappa shape index (κ2) is 5.29. The number of hydrogen-bond acceptors (Lipinski definition) is 3. The van der Waals surface area contributed by atoms with Crippen LogP contribution in [0.4, 0.5) is 10.2 Å². The van der Waals surface area contributed by atoms with Gasteiger partial charge in [0.1, 0.15) is 11.6 Å². The fourth-order valence-electron chi connectivity index (χ4n) is 1.18. The average Bonchev–Trinajstić information content (AvgIpc) is 2.21. The van der Waals surface area contributed by atoms with Gasteiger partial charge in [-0.05, 0) is 19.9 Å². The second-order valence-corrected chi connectivity index (χ2v) is 2.94. The Kier molecular flexibility index (Phi) is 4.03. The fraction of sp³-hybridized carbons (Fsp3) is 0.400. The van der Waals surface area contributed by atoms with Gasteiger partial charge in [0.2, 0.25) is 0 Å². The van der Waals surface area contributed by atoms with Gasteiger partial charge < -0.3 is 10.6 Å². The SMILES string of the molecule is CCNC(=O)c1cc(F)cnc1NCC. The molecule has 0 bridgehead atoms. The zero-order valence-corrected chi connectivity index (χ0v) is 8.80. The van der Waals surface area contributed by atoms with E-state index < -0.39 is 5.82 Å². The van der Waals surface area contributed by atoms with E-state index in [0.717, 1.165) is 6.20 Å². The van der Waals surface area contributed by atoms with Gasteiger partial charge in [-0.15, -0.1) is 0 Å². The third-order valence-corrected chi connectivity index (χ3v) is 1.78. The first kappa shape index (κ1) is 11.4. The predicted octanol–water partition coefficient (Wildman–Crippen LogP) is 1.40. The zero-order chi connectivity index (χ0) is 11.3. The lowest BCUT2D eigenvalue weighted by Gasteiger charge is -2.08. The molecule has 0 aliphatic rings. The van der Waals surface area contributed by atoms with Crippen molar-refractivity contribution in [2.75, 3.05) is 18.4 Å². The minimum Gasteiger partial charge on any atom is -0.370 e. The molecule has 1 rings (SSSR count). The van der Waals surface area contributed by atoms with E-state index in [1.807, 2.05) is 6.92 Å². The number of anilines is 1. The molecule has 1 aromatic heterocycles. The second-order valence-electron chi connectivity index (χ2n) is 2.94. The number of hydrogen-bond donors (Lipinski definition) is 2. The molecule has 0 saturated carbocycles. The maximum absolute atomic E-state index is 12.9. The average molecular weight is 211 g/mol. The maximum Gasteiger partial charge on any atom is 0.255 e. The van der Waals surface area contributed by atoms with Crippen LogP contribution in [0, 0.1) is 5.82 Å². The van der Waals surface area contributed by atoms with Crippen molar-refractivity contribution < 1.29 is 9.18 Å². The van der Waals surface area contributed by atoms with Crippen LogP contribution in [-0.4, -0.2) is 24.0 Å². The Bertz CT molecular complexity index is 355. The highest BCUT2D eigenvalue weighted by Gasteiger charge is 2.12. The third-order valence-electron chi connectivity index (χ3n) is 1.78. The lowest BCUT2D eigenvalue weighted by molar-refractivity contribution is 0.0956. The highest BCUT2D eigenvalue weighted by atomic mass is 19.1. The molecule has 1 heterocycles. The number of halogens is 1. The van der Waals surface area contributed by atoms with Crippen LogP contribution in [0.3, 0.4) is 0 Å². The molecule has 82 valence electrons. The topological polar surface area (TPSA) is 54.0 Å². The van der Waals surface area contributed by atoms with Crippen LogP contribution in [0.15, 0.2) is 12.3 Å². The largest absolute Gasteiger partial charge is 0.370 e. The Morgan fingerprint density at radius 3 is 2.80 bits per heavy atom. The van der Waals surface area contributed by atoms with Crippen LogP contribution in [0.2, 0.25) is 0 Å². The minimum atomic E-state index is -0.516. The van der Waals surface area contributed by atoms with Gasteiger partial charge in [0.15, 0.2) is 0 Å². The molecular formula is C10H14FN3O. The van der Waals surface area contributed by atoms with Gasteiger partial charge >= 0.3 is 0 Å². The Hall–Kier alpha value is -1.65. The summed E-state index contributed by atoms with van der Waals surface area (Å²) < 4.78 is 12.9. The summed E-state index contributed by atoms with van der Waals surface area (Å²) in [7, 11) is 0. The first-order valence-corrected chi connectivity index (χ1v) is 4.86. The van der Waals surface area contributed by atoms with E-state index in [0.29, 0.717) is 18.9 Å². The van der Waals surface area contributed by atoms with Crippen LogP contribution in [-0.2, 0) is 0 Å². The summed E-state index contributed by atoms with van der Waals surface area (Å²) in [5.41, 5.74) is 0.235. The molecule has 0 saturated heterocycles. The third kappa shape index (κ3) is 2.90.